The van der Waals surface area contributed by atoms with Crippen molar-refractivity contribution >= 4 is 29.2 Å². The minimum atomic E-state index is -4.63. The number of carbonyl (C=O) groups is 3. The molecule has 3 rings (SSSR count). The van der Waals surface area contributed by atoms with Gasteiger partial charge in [0.25, 0.3) is 5.91 Å². The van der Waals surface area contributed by atoms with E-state index in [1.807, 2.05) is 0 Å². The van der Waals surface area contributed by atoms with Crippen molar-refractivity contribution in [3.63, 3.8) is 0 Å². The van der Waals surface area contributed by atoms with Gasteiger partial charge in [-0.2, -0.15) is 13.2 Å². The number of nitrogens with zero attached hydrogens (tertiary/aromatic N) is 1. The number of hydrogen-bond acceptors (Lipinski definition) is 7. The SMILES string of the molecule is COc1cc(C(=O)O[C@H](C)C(=O)N2CC(=O)Nc3cc(C(F)(F)F)ccc32)cc(OC)c1OC. The number of methoxy groups -OCH3 is 3. The Morgan fingerprint density at radius 1 is 1.03 bits per heavy atom. The molecule has 12 heteroatoms. The third-order valence-electron chi connectivity index (χ3n) is 4.99. The van der Waals surface area contributed by atoms with Gasteiger partial charge in [0, 0.05) is 0 Å². The first-order valence-corrected chi connectivity index (χ1v) is 9.83. The van der Waals surface area contributed by atoms with Gasteiger partial charge < -0.3 is 24.3 Å². The average molecular weight is 482 g/mol. The molecule has 0 spiro atoms. The van der Waals surface area contributed by atoms with Crippen LogP contribution in [0.3, 0.4) is 0 Å². The van der Waals surface area contributed by atoms with Gasteiger partial charge in [0.05, 0.1) is 43.8 Å². The number of hydrogen-bond donors (Lipinski definition) is 1. The molecule has 9 nitrogen and oxygen atoms in total. The monoisotopic (exact) mass is 482 g/mol. The van der Waals surface area contributed by atoms with Crippen LogP contribution in [0.5, 0.6) is 17.2 Å². The van der Waals surface area contributed by atoms with Crippen LogP contribution >= 0.6 is 0 Å². The number of halogens is 3. The van der Waals surface area contributed by atoms with Gasteiger partial charge >= 0.3 is 12.1 Å². The standard InChI is InChI=1S/C22H21F3N2O7/c1-11(34-21(30)12-7-16(31-2)19(33-4)17(8-12)32-3)20(29)27-10-18(28)26-14-9-13(22(23,24)25)5-6-15(14)27/h5-9,11H,10H2,1-4H3,(H,26,28)/t11-/m1/s1. The van der Waals surface area contributed by atoms with Crippen LogP contribution in [0.1, 0.15) is 22.8 Å². The molecule has 0 aliphatic carbocycles. The molecule has 0 fully saturated rings. The van der Waals surface area contributed by atoms with Gasteiger partial charge in [-0.25, -0.2) is 4.79 Å². The fourth-order valence-electron chi connectivity index (χ4n) is 3.36. The fourth-order valence-corrected chi connectivity index (χ4v) is 3.36. The first kappa shape index (κ1) is 24.7. The van der Waals surface area contributed by atoms with Gasteiger partial charge in [-0.05, 0) is 37.3 Å². The average Bonchev–Trinajstić information content (AvgIpc) is 2.80. The fraction of sp³-hybridized carbons (Fsp3) is 0.318. The lowest BCUT2D eigenvalue weighted by Crippen LogP contribution is -2.47. The molecule has 1 atom stereocenters. The second kappa shape index (κ2) is 9.49. The Balaban J connectivity index is 1.84. The van der Waals surface area contributed by atoms with E-state index >= 15 is 0 Å². The Morgan fingerprint density at radius 3 is 2.18 bits per heavy atom. The Hall–Kier alpha value is -3.96. The molecule has 1 aliphatic rings. The van der Waals surface area contributed by atoms with E-state index in [1.165, 1.54) is 40.4 Å². The second-order valence-electron chi connectivity index (χ2n) is 7.16. The van der Waals surface area contributed by atoms with E-state index in [0.29, 0.717) is 0 Å². The zero-order valence-electron chi connectivity index (χ0n) is 18.6. The van der Waals surface area contributed by atoms with Crippen molar-refractivity contribution in [1.82, 2.24) is 0 Å². The summed E-state index contributed by atoms with van der Waals surface area (Å²) in [5.41, 5.74) is -1.11. The third-order valence-corrected chi connectivity index (χ3v) is 4.99. The molecule has 1 aliphatic heterocycles. The lowest BCUT2D eigenvalue weighted by Gasteiger charge is -2.31. The molecule has 0 radical (unpaired) electrons. The third kappa shape index (κ3) is 4.85. The minimum absolute atomic E-state index is 0.000700. The largest absolute Gasteiger partial charge is 0.493 e. The van der Waals surface area contributed by atoms with Crippen molar-refractivity contribution in [2.45, 2.75) is 19.2 Å². The van der Waals surface area contributed by atoms with E-state index in [-0.39, 0.29) is 34.2 Å². The molecule has 0 aromatic heterocycles. The lowest BCUT2D eigenvalue weighted by atomic mass is 10.1. The molecule has 0 unspecified atom stereocenters. The molecule has 2 amide bonds. The predicted molar refractivity (Wildman–Crippen MR) is 113 cm³/mol. The molecule has 34 heavy (non-hydrogen) atoms. The normalized spacial score (nSPS) is 14.0. The van der Waals surface area contributed by atoms with Gasteiger partial charge in [0.2, 0.25) is 11.7 Å². The molecule has 0 saturated carbocycles. The molecule has 2 aromatic carbocycles. The Morgan fingerprint density at radius 2 is 1.65 bits per heavy atom. The number of amides is 2. The number of ether oxygens (including phenoxy) is 4. The molecule has 2 aromatic rings. The maximum atomic E-state index is 13.0. The van der Waals surface area contributed by atoms with E-state index in [1.54, 1.807) is 0 Å². The van der Waals surface area contributed by atoms with Crippen LogP contribution in [0, 0.1) is 0 Å². The van der Waals surface area contributed by atoms with Crippen molar-refractivity contribution < 1.29 is 46.5 Å². The summed E-state index contributed by atoms with van der Waals surface area (Å²) in [6, 6.07) is 5.28. The highest BCUT2D eigenvalue weighted by molar-refractivity contribution is 6.11. The van der Waals surface area contributed by atoms with Crippen molar-refractivity contribution in [3.05, 3.63) is 41.5 Å². The van der Waals surface area contributed by atoms with E-state index in [4.69, 9.17) is 18.9 Å². The van der Waals surface area contributed by atoms with E-state index in [9.17, 15) is 27.6 Å². The summed E-state index contributed by atoms with van der Waals surface area (Å²) < 4.78 is 59.9. The number of carbonyl (C=O) groups excluding carboxylic acids is 3. The summed E-state index contributed by atoms with van der Waals surface area (Å²) in [4.78, 5) is 38.7. The Kier molecular flexibility index (Phi) is 6.89. The van der Waals surface area contributed by atoms with E-state index < -0.39 is 42.2 Å². The van der Waals surface area contributed by atoms with E-state index in [2.05, 4.69) is 5.32 Å². The first-order valence-electron chi connectivity index (χ1n) is 9.83. The van der Waals surface area contributed by atoms with E-state index in [0.717, 1.165) is 23.1 Å². The lowest BCUT2D eigenvalue weighted by molar-refractivity contribution is -0.137. The van der Waals surface area contributed by atoms with Crippen LogP contribution in [-0.2, 0) is 20.5 Å². The molecule has 1 N–H and O–H groups in total. The summed E-state index contributed by atoms with van der Waals surface area (Å²) in [5.74, 6) is -1.75. The summed E-state index contributed by atoms with van der Waals surface area (Å²) in [5, 5.41) is 2.32. The summed E-state index contributed by atoms with van der Waals surface area (Å²) in [6.45, 7) is 0.831. The summed E-state index contributed by atoms with van der Waals surface area (Å²) >= 11 is 0. The van der Waals surface area contributed by atoms with Gasteiger partial charge in [-0.3, -0.25) is 14.5 Å². The zero-order valence-corrected chi connectivity index (χ0v) is 18.6. The number of nitrogens with one attached hydrogen (secondary N) is 1. The van der Waals surface area contributed by atoms with Crippen LogP contribution in [0.15, 0.2) is 30.3 Å². The minimum Gasteiger partial charge on any atom is -0.493 e. The van der Waals surface area contributed by atoms with Crippen LogP contribution in [-0.4, -0.2) is 51.8 Å². The molecular weight excluding hydrogens is 461 g/mol. The van der Waals surface area contributed by atoms with Crippen LogP contribution in [0.2, 0.25) is 0 Å². The molecule has 1 heterocycles. The maximum Gasteiger partial charge on any atom is 0.416 e. The number of esters is 1. The maximum absolute atomic E-state index is 13.0. The van der Waals surface area contributed by atoms with Crippen LogP contribution in [0.25, 0.3) is 0 Å². The predicted octanol–water partition coefficient (Wildman–Crippen LogP) is 3.26. The first-order chi connectivity index (χ1) is 16.0. The quantitative estimate of drug-likeness (QED) is 0.631. The molecule has 0 bridgehead atoms. The highest BCUT2D eigenvalue weighted by Crippen LogP contribution is 2.39. The van der Waals surface area contributed by atoms with Gasteiger partial charge in [0.1, 0.15) is 6.54 Å². The molecule has 0 saturated heterocycles. The summed E-state index contributed by atoms with van der Waals surface area (Å²) in [6.07, 6.45) is -6.00. The van der Waals surface area contributed by atoms with Gasteiger partial charge in [-0.15, -0.1) is 0 Å². The molecule has 182 valence electrons. The zero-order chi connectivity index (χ0) is 25.2. The topological polar surface area (TPSA) is 103 Å². The van der Waals surface area contributed by atoms with Crippen molar-refractivity contribution in [1.29, 1.82) is 0 Å². The van der Waals surface area contributed by atoms with Gasteiger partial charge in [0.15, 0.2) is 17.6 Å². The highest BCUT2D eigenvalue weighted by Gasteiger charge is 2.36. The molecular formula is C22H21F3N2O7. The van der Waals surface area contributed by atoms with Crippen LogP contribution < -0.4 is 24.4 Å². The number of fused-ring (bicyclic) bond motifs is 1. The van der Waals surface area contributed by atoms with Crippen molar-refractivity contribution in [3.8, 4) is 17.2 Å². The van der Waals surface area contributed by atoms with Crippen molar-refractivity contribution in [2.75, 3.05) is 38.1 Å². The van der Waals surface area contributed by atoms with Gasteiger partial charge in [-0.1, -0.05) is 0 Å². The Labute approximate surface area is 192 Å². The smallest absolute Gasteiger partial charge is 0.416 e. The van der Waals surface area contributed by atoms with Crippen molar-refractivity contribution in [2.24, 2.45) is 0 Å². The summed E-state index contributed by atoms with van der Waals surface area (Å²) in [7, 11) is 4.12. The number of benzene rings is 2. The second-order valence-corrected chi connectivity index (χ2v) is 7.16. The Bertz CT molecular complexity index is 1110. The number of rotatable bonds is 6. The highest BCUT2D eigenvalue weighted by atomic mass is 19.4. The number of alkyl halides is 3. The van der Waals surface area contributed by atoms with Crippen LogP contribution in [0.4, 0.5) is 24.5 Å². The number of anilines is 2.